The van der Waals surface area contributed by atoms with Crippen LogP contribution in [0.3, 0.4) is 0 Å². The molecule has 1 aliphatic rings. The van der Waals surface area contributed by atoms with Gasteiger partial charge in [0, 0.05) is 4.88 Å². The van der Waals surface area contributed by atoms with Gasteiger partial charge in [-0.3, -0.25) is 0 Å². The summed E-state index contributed by atoms with van der Waals surface area (Å²) in [6.07, 6.45) is 2.21. The molecule has 4 heteroatoms. The van der Waals surface area contributed by atoms with Crippen LogP contribution in [0.25, 0.3) is 20.0 Å². The van der Waals surface area contributed by atoms with Crippen LogP contribution in [0.4, 0.5) is 5.13 Å². The van der Waals surface area contributed by atoms with Crippen molar-refractivity contribution in [3.63, 3.8) is 0 Å². The van der Waals surface area contributed by atoms with Gasteiger partial charge in [-0.25, -0.2) is 4.98 Å². The maximum Gasteiger partial charge on any atom is 0.181 e. The monoisotopic (exact) mass is 258 g/mol. The summed E-state index contributed by atoms with van der Waals surface area (Å²) in [4.78, 5) is 5.87. The lowest BCUT2D eigenvalue weighted by Gasteiger charge is -2.15. The lowest BCUT2D eigenvalue weighted by Crippen LogP contribution is -2.01. The van der Waals surface area contributed by atoms with Gasteiger partial charge in [-0.2, -0.15) is 0 Å². The molecule has 3 aromatic rings. The van der Waals surface area contributed by atoms with Crippen LogP contribution in [0.5, 0.6) is 0 Å². The Balaban J connectivity index is 2.07. The number of thiazole rings is 1. The number of hydrogen-bond donors (Lipinski definition) is 1. The van der Waals surface area contributed by atoms with Crippen molar-refractivity contribution in [2.75, 3.05) is 5.73 Å². The molecule has 2 heterocycles. The fraction of sp³-hybridized carbons (Fsp3) is 0.154. The predicted octanol–water partition coefficient (Wildman–Crippen LogP) is 3.71. The molecule has 0 atom stereocenters. The van der Waals surface area contributed by atoms with Crippen molar-refractivity contribution in [2.45, 2.75) is 12.8 Å². The number of rotatable bonds is 0. The molecule has 0 saturated heterocycles. The van der Waals surface area contributed by atoms with Crippen molar-refractivity contribution in [1.82, 2.24) is 4.98 Å². The molecule has 17 heavy (non-hydrogen) atoms. The highest BCUT2D eigenvalue weighted by molar-refractivity contribution is 7.41. The van der Waals surface area contributed by atoms with Gasteiger partial charge in [-0.1, -0.05) is 35.6 Å². The second-order valence-electron chi connectivity index (χ2n) is 4.26. The molecule has 0 bridgehead atoms. The number of anilines is 1. The molecule has 0 fully saturated rings. The Hall–Kier alpha value is -1.39. The Morgan fingerprint density at radius 1 is 1.12 bits per heavy atom. The molecule has 0 aliphatic heterocycles. The number of nitrogens with zero attached hydrogens (tertiary/aromatic N) is 1. The molecule has 0 unspecified atom stereocenters. The third-order valence-corrected chi connectivity index (χ3v) is 5.50. The van der Waals surface area contributed by atoms with Gasteiger partial charge in [-0.05, 0) is 29.5 Å². The Bertz CT molecular complexity index is 724. The summed E-state index contributed by atoms with van der Waals surface area (Å²) in [5.74, 6) is 0. The normalized spacial score (nSPS) is 13.6. The van der Waals surface area contributed by atoms with Crippen molar-refractivity contribution in [3.8, 4) is 10.4 Å². The van der Waals surface area contributed by atoms with Gasteiger partial charge < -0.3 is 5.73 Å². The summed E-state index contributed by atoms with van der Waals surface area (Å²) in [5, 5.41) is 0.688. The van der Waals surface area contributed by atoms with E-state index in [4.69, 9.17) is 5.73 Å². The van der Waals surface area contributed by atoms with E-state index >= 15 is 0 Å². The van der Waals surface area contributed by atoms with Crippen LogP contribution in [-0.4, -0.2) is 4.98 Å². The van der Waals surface area contributed by atoms with Crippen LogP contribution in [0.15, 0.2) is 24.3 Å². The van der Waals surface area contributed by atoms with E-state index in [1.165, 1.54) is 25.6 Å². The molecule has 84 valence electrons. The summed E-state index contributed by atoms with van der Waals surface area (Å²) in [5.41, 5.74) is 11.2. The van der Waals surface area contributed by atoms with Crippen LogP contribution in [0, 0.1) is 0 Å². The average molecular weight is 258 g/mol. The molecule has 0 amide bonds. The van der Waals surface area contributed by atoms with E-state index in [-0.39, 0.29) is 0 Å². The van der Waals surface area contributed by atoms with Gasteiger partial charge in [-0.15, -0.1) is 11.3 Å². The number of hydrogen-bond acceptors (Lipinski definition) is 4. The average Bonchev–Trinajstić information content (AvgIpc) is 2.85. The van der Waals surface area contributed by atoms with E-state index in [0.29, 0.717) is 5.13 Å². The third kappa shape index (κ3) is 1.28. The number of nitrogen functional groups attached to an aromatic ring is 1. The highest BCUT2D eigenvalue weighted by Gasteiger charge is 2.22. The molecule has 0 radical (unpaired) electrons. The minimum absolute atomic E-state index is 0.688. The molecule has 0 spiro atoms. The van der Waals surface area contributed by atoms with Crippen molar-refractivity contribution in [2.24, 2.45) is 0 Å². The van der Waals surface area contributed by atoms with Crippen LogP contribution >= 0.6 is 22.7 Å². The van der Waals surface area contributed by atoms with Gasteiger partial charge in [0.15, 0.2) is 5.13 Å². The van der Waals surface area contributed by atoms with Crippen LogP contribution in [-0.2, 0) is 12.8 Å². The molecule has 2 N–H and O–H groups in total. The summed E-state index contributed by atoms with van der Waals surface area (Å²) in [6, 6.07) is 8.68. The largest absolute Gasteiger partial charge is 0.375 e. The maximum absolute atomic E-state index is 5.78. The molecule has 2 aromatic heterocycles. The maximum atomic E-state index is 5.78. The van der Waals surface area contributed by atoms with E-state index < -0.39 is 0 Å². The first-order chi connectivity index (χ1) is 8.33. The number of aryl methyl sites for hydroxylation is 2. The predicted molar refractivity (Wildman–Crippen MR) is 74.8 cm³/mol. The standard InChI is InChI=1S/C13H10N2S2/c14-13-15-10-9-6-5-7-3-1-2-4-8(7)11(9)16-12(10)17-13/h1-4H,5-6H2,(H2,14,15). The molecule has 2 nitrogen and oxygen atoms in total. The molecule has 4 rings (SSSR count). The lowest BCUT2D eigenvalue weighted by molar-refractivity contribution is 0.955. The Morgan fingerprint density at radius 2 is 2.00 bits per heavy atom. The molecule has 1 aliphatic carbocycles. The van der Waals surface area contributed by atoms with Crippen molar-refractivity contribution < 1.29 is 0 Å². The smallest absolute Gasteiger partial charge is 0.181 e. The summed E-state index contributed by atoms with van der Waals surface area (Å²) >= 11 is 3.44. The van der Waals surface area contributed by atoms with Crippen LogP contribution in [0.2, 0.25) is 0 Å². The zero-order chi connectivity index (χ0) is 11.4. The van der Waals surface area contributed by atoms with Gasteiger partial charge in [0.1, 0.15) is 4.01 Å². The summed E-state index contributed by atoms with van der Waals surface area (Å²) in [6.45, 7) is 0. The molecule has 1 aromatic carbocycles. The zero-order valence-corrected chi connectivity index (χ0v) is 10.7. The van der Waals surface area contributed by atoms with Crippen molar-refractivity contribution >= 4 is 37.3 Å². The number of benzene rings is 1. The van der Waals surface area contributed by atoms with E-state index in [0.717, 1.165) is 18.4 Å². The van der Waals surface area contributed by atoms with Crippen molar-refractivity contribution in [3.05, 3.63) is 35.4 Å². The van der Waals surface area contributed by atoms with E-state index in [1.54, 1.807) is 11.3 Å². The second-order valence-corrected chi connectivity index (χ2v) is 6.56. The highest BCUT2D eigenvalue weighted by atomic mass is 32.2. The van der Waals surface area contributed by atoms with Gasteiger partial charge in [0.25, 0.3) is 0 Å². The SMILES string of the molecule is Nc1nc2c3c(sc2s1)-c1ccccc1CC3. The van der Waals surface area contributed by atoms with Gasteiger partial charge in [0.2, 0.25) is 0 Å². The fourth-order valence-electron chi connectivity index (χ4n) is 2.51. The number of thiophene rings is 1. The molecular weight excluding hydrogens is 248 g/mol. The summed E-state index contributed by atoms with van der Waals surface area (Å²) in [7, 11) is 0. The number of nitrogens with two attached hydrogens (primary N) is 1. The zero-order valence-electron chi connectivity index (χ0n) is 9.06. The summed E-state index contributed by atoms with van der Waals surface area (Å²) < 4.78 is 1.27. The second kappa shape index (κ2) is 3.31. The Kier molecular flexibility index (Phi) is 1.87. The molecule has 0 saturated carbocycles. The Labute approximate surface area is 107 Å². The third-order valence-electron chi connectivity index (χ3n) is 3.27. The number of fused-ring (bicyclic) bond motifs is 5. The quantitative estimate of drug-likeness (QED) is 0.667. The first kappa shape index (κ1) is 9.62. The minimum Gasteiger partial charge on any atom is -0.375 e. The van der Waals surface area contributed by atoms with E-state index in [9.17, 15) is 0 Å². The van der Waals surface area contributed by atoms with Gasteiger partial charge >= 0.3 is 0 Å². The van der Waals surface area contributed by atoms with Crippen molar-refractivity contribution in [1.29, 1.82) is 0 Å². The van der Waals surface area contributed by atoms with Gasteiger partial charge in [0.05, 0.1) is 5.52 Å². The van der Waals surface area contributed by atoms with Crippen LogP contribution in [0.1, 0.15) is 11.1 Å². The minimum atomic E-state index is 0.688. The first-order valence-electron chi connectivity index (χ1n) is 5.59. The van der Waals surface area contributed by atoms with E-state index in [1.807, 2.05) is 11.3 Å². The molecular formula is C13H10N2S2. The number of aromatic nitrogens is 1. The highest BCUT2D eigenvalue weighted by Crippen LogP contribution is 2.45. The fourth-order valence-corrected chi connectivity index (χ4v) is 4.86. The first-order valence-corrected chi connectivity index (χ1v) is 7.22. The topological polar surface area (TPSA) is 38.9 Å². The lowest BCUT2D eigenvalue weighted by atomic mass is 9.91. The van der Waals surface area contributed by atoms with E-state index in [2.05, 4.69) is 29.2 Å². The Morgan fingerprint density at radius 3 is 2.94 bits per heavy atom. The van der Waals surface area contributed by atoms with Crippen LogP contribution < -0.4 is 5.73 Å².